The molecule has 1 aliphatic rings. The van der Waals surface area contributed by atoms with Crippen LogP contribution in [0.4, 0.5) is 5.69 Å². The maximum atomic E-state index is 10.4. The van der Waals surface area contributed by atoms with Gasteiger partial charge >= 0.3 is 0 Å². The average molecular weight is 448 g/mol. The predicted octanol–water partition coefficient (Wildman–Crippen LogP) is 5.92. The topological polar surface area (TPSA) is 61.5 Å². The maximum absolute atomic E-state index is 10.4. The fourth-order valence-electron chi connectivity index (χ4n) is 2.91. The molecule has 2 N–H and O–H groups in total. The monoisotopic (exact) mass is 447 g/mol. The number of rotatable bonds is 4. The number of thiazole rings is 2. The Balaban J connectivity index is 1.71. The molecule has 0 aliphatic carbocycles. The van der Waals surface area contributed by atoms with Crippen molar-refractivity contribution in [2.24, 2.45) is 0 Å². The van der Waals surface area contributed by atoms with Crippen LogP contribution in [0.5, 0.6) is 11.8 Å². The first-order valence-corrected chi connectivity index (χ1v) is 11.5. The van der Waals surface area contributed by atoms with Crippen molar-refractivity contribution in [3.63, 3.8) is 0 Å². The predicted molar refractivity (Wildman–Crippen MR) is 120 cm³/mol. The Kier molecular flexibility index (Phi) is 5.35. The second kappa shape index (κ2) is 7.77. The second-order valence-electron chi connectivity index (χ2n) is 5.88. The Morgan fingerprint density at radius 2 is 1.96 bits per heavy atom. The van der Waals surface area contributed by atoms with E-state index in [1.165, 1.54) is 33.3 Å². The number of aromatic nitrogens is 2. The molecule has 0 fully saturated rings. The van der Waals surface area contributed by atoms with E-state index in [0.29, 0.717) is 25.3 Å². The summed E-state index contributed by atoms with van der Waals surface area (Å²) in [6, 6.07) is 8.24. The van der Waals surface area contributed by atoms with Crippen LogP contribution in [0.1, 0.15) is 18.7 Å². The summed E-state index contributed by atoms with van der Waals surface area (Å²) in [4.78, 5) is 8.78. The summed E-state index contributed by atoms with van der Waals surface area (Å²) in [5.74, 6) is 0.0255. The Hall–Kier alpha value is -2.03. The molecule has 0 atom stereocenters. The van der Waals surface area contributed by atoms with Gasteiger partial charge in [0.05, 0.1) is 10.6 Å². The Morgan fingerprint density at radius 1 is 1.18 bits per heavy atom. The molecule has 0 saturated carbocycles. The van der Waals surface area contributed by atoms with Crippen molar-refractivity contribution in [3.05, 3.63) is 43.9 Å². The highest BCUT2D eigenvalue weighted by molar-refractivity contribution is 8.03. The SMILES string of the molecule is CCN1C(=C=Cc2sc(-c3sc(=S)n(CC)c3O)nc2O)Sc2ccccc21. The van der Waals surface area contributed by atoms with Crippen LogP contribution in [0.15, 0.2) is 39.9 Å². The van der Waals surface area contributed by atoms with Crippen molar-refractivity contribution >= 4 is 58.4 Å². The molecule has 28 heavy (non-hydrogen) atoms. The quantitative estimate of drug-likeness (QED) is 0.382. The normalized spacial score (nSPS) is 12.9. The molecule has 1 aromatic carbocycles. The molecule has 1 aliphatic heterocycles. The Morgan fingerprint density at radius 3 is 2.68 bits per heavy atom. The van der Waals surface area contributed by atoms with Crippen LogP contribution in [0.25, 0.3) is 16.0 Å². The number of nitrogens with zero attached hydrogens (tertiary/aromatic N) is 3. The minimum Gasteiger partial charge on any atom is -0.493 e. The van der Waals surface area contributed by atoms with E-state index in [-0.39, 0.29) is 11.8 Å². The lowest BCUT2D eigenvalue weighted by atomic mass is 10.3. The lowest BCUT2D eigenvalue weighted by Gasteiger charge is -2.15. The minimum atomic E-state index is -0.0709. The molecular weight excluding hydrogens is 430 g/mol. The summed E-state index contributed by atoms with van der Waals surface area (Å²) in [5, 5.41) is 22.2. The fraction of sp³-hybridized carbons (Fsp3) is 0.211. The summed E-state index contributed by atoms with van der Waals surface area (Å²) in [5.41, 5.74) is 4.47. The third kappa shape index (κ3) is 3.29. The van der Waals surface area contributed by atoms with Crippen LogP contribution in [0, 0.1) is 3.95 Å². The zero-order valence-corrected chi connectivity index (χ0v) is 18.4. The van der Waals surface area contributed by atoms with Gasteiger partial charge in [-0.15, -0.1) is 11.3 Å². The van der Waals surface area contributed by atoms with Crippen LogP contribution in [-0.2, 0) is 6.54 Å². The van der Waals surface area contributed by atoms with Gasteiger partial charge in [-0.1, -0.05) is 41.0 Å². The average Bonchev–Trinajstić information content (AvgIpc) is 3.32. The highest BCUT2D eigenvalue weighted by Crippen LogP contribution is 2.45. The lowest BCUT2D eigenvalue weighted by Crippen LogP contribution is -2.15. The van der Waals surface area contributed by atoms with E-state index < -0.39 is 0 Å². The van der Waals surface area contributed by atoms with Crippen molar-refractivity contribution < 1.29 is 10.2 Å². The van der Waals surface area contributed by atoms with Gasteiger partial charge in [-0.25, -0.2) is 4.98 Å². The minimum absolute atomic E-state index is 0.0709. The number of hydrogen-bond acceptors (Lipinski definition) is 8. The molecule has 3 heterocycles. The highest BCUT2D eigenvalue weighted by atomic mass is 32.2. The third-order valence-corrected chi connectivity index (χ3v) is 7.94. The summed E-state index contributed by atoms with van der Waals surface area (Å²) >= 11 is 9.54. The van der Waals surface area contributed by atoms with Gasteiger partial charge in [-0.3, -0.25) is 4.57 Å². The number of fused-ring (bicyclic) bond motifs is 1. The van der Waals surface area contributed by atoms with E-state index in [0.717, 1.165) is 11.6 Å². The van der Waals surface area contributed by atoms with E-state index in [2.05, 4.69) is 34.7 Å². The maximum Gasteiger partial charge on any atom is 0.230 e. The van der Waals surface area contributed by atoms with E-state index in [1.54, 1.807) is 22.4 Å². The second-order valence-corrected chi connectivity index (χ2v) is 9.59. The summed E-state index contributed by atoms with van der Waals surface area (Å²) < 4.78 is 2.24. The molecule has 0 unspecified atom stereocenters. The molecule has 144 valence electrons. The molecule has 4 rings (SSSR count). The zero-order chi connectivity index (χ0) is 19.8. The van der Waals surface area contributed by atoms with Gasteiger partial charge in [0.25, 0.3) is 0 Å². The van der Waals surface area contributed by atoms with Crippen molar-refractivity contribution in [1.82, 2.24) is 9.55 Å². The van der Waals surface area contributed by atoms with Crippen molar-refractivity contribution in [3.8, 4) is 21.6 Å². The Bertz CT molecular complexity index is 1170. The number of benzene rings is 1. The first-order valence-electron chi connectivity index (χ1n) is 8.67. The standard InChI is InChI=1S/C19H17N3O2S4/c1-3-21-11-7-5-6-8-12(11)26-14(21)10-9-13-16(23)20-17(27-13)15-18(24)22(4-2)19(25)28-15/h5-9,23-24H,3-4H2,1-2H3. The largest absolute Gasteiger partial charge is 0.493 e. The lowest BCUT2D eigenvalue weighted by molar-refractivity contribution is 0.422. The molecule has 0 spiro atoms. The summed E-state index contributed by atoms with van der Waals surface area (Å²) in [6.45, 7) is 5.44. The molecule has 0 amide bonds. The van der Waals surface area contributed by atoms with Crippen LogP contribution in [0.2, 0.25) is 0 Å². The van der Waals surface area contributed by atoms with Crippen molar-refractivity contribution in [1.29, 1.82) is 0 Å². The van der Waals surface area contributed by atoms with E-state index in [4.69, 9.17) is 12.2 Å². The number of anilines is 1. The van der Waals surface area contributed by atoms with E-state index in [1.807, 2.05) is 19.1 Å². The fourth-order valence-corrected chi connectivity index (χ4v) is 6.34. The molecule has 0 saturated heterocycles. The molecule has 0 radical (unpaired) electrons. The van der Waals surface area contributed by atoms with Gasteiger partial charge in [0, 0.05) is 24.1 Å². The van der Waals surface area contributed by atoms with Gasteiger partial charge in [0.1, 0.15) is 14.9 Å². The third-order valence-electron chi connectivity index (χ3n) is 4.26. The van der Waals surface area contributed by atoms with Gasteiger partial charge in [0.2, 0.25) is 11.8 Å². The molecular formula is C19H17N3O2S4. The molecule has 0 bridgehead atoms. The number of para-hydroxylation sites is 1. The van der Waals surface area contributed by atoms with E-state index in [9.17, 15) is 10.2 Å². The van der Waals surface area contributed by atoms with Crippen molar-refractivity contribution in [2.45, 2.75) is 25.3 Å². The van der Waals surface area contributed by atoms with Gasteiger partial charge in [-0.2, -0.15) is 0 Å². The van der Waals surface area contributed by atoms with Gasteiger partial charge in [0.15, 0.2) is 3.95 Å². The Labute approximate surface area is 179 Å². The number of hydrogen-bond donors (Lipinski definition) is 2. The highest BCUT2D eigenvalue weighted by Gasteiger charge is 2.23. The van der Waals surface area contributed by atoms with Crippen LogP contribution < -0.4 is 4.90 Å². The van der Waals surface area contributed by atoms with Gasteiger partial charge < -0.3 is 15.1 Å². The first kappa shape index (κ1) is 19.3. The number of aromatic hydroxyl groups is 2. The summed E-state index contributed by atoms with van der Waals surface area (Å²) in [6.07, 6.45) is 1.75. The zero-order valence-electron chi connectivity index (χ0n) is 15.2. The molecule has 9 heteroatoms. The molecule has 3 aromatic rings. The molecule has 5 nitrogen and oxygen atoms in total. The smallest absolute Gasteiger partial charge is 0.230 e. The van der Waals surface area contributed by atoms with E-state index >= 15 is 0 Å². The summed E-state index contributed by atoms with van der Waals surface area (Å²) in [7, 11) is 0. The molecule has 2 aromatic heterocycles. The van der Waals surface area contributed by atoms with Crippen LogP contribution in [-0.4, -0.2) is 26.3 Å². The van der Waals surface area contributed by atoms with Gasteiger partial charge in [-0.05, 0) is 38.2 Å². The van der Waals surface area contributed by atoms with Crippen LogP contribution in [0.3, 0.4) is 0 Å². The number of thioether (sulfide) groups is 1. The van der Waals surface area contributed by atoms with Crippen LogP contribution >= 0.6 is 46.7 Å². The van der Waals surface area contributed by atoms with Crippen molar-refractivity contribution in [2.75, 3.05) is 11.4 Å². The first-order chi connectivity index (χ1) is 13.5.